The monoisotopic (exact) mass is 476 g/mol. The number of aliphatic hydroxyl groups is 1. The van der Waals surface area contributed by atoms with E-state index in [4.69, 9.17) is 9.72 Å². The molecular weight excluding hydrogens is 444 g/mol. The molecule has 0 aliphatic heterocycles. The van der Waals surface area contributed by atoms with Crippen molar-refractivity contribution in [3.05, 3.63) is 120 Å². The number of hydrogen-bond acceptors (Lipinski definition) is 4. The van der Waals surface area contributed by atoms with Crippen LogP contribution in [0.4, 0.5) is 0 Å². The second-order valence-corrected chi connectivity index (χ2v) is 9.63. The molecule has 182 valence electrons. The molecule has 1 N–H and O–H groups in total. The Labute approximate surface area is 212 Å². The van der Waals surface area contributed by atoms with Crippen molar-refractivity contribution in [2.24, 2.45) is 0 Å². The number of nitrogens with zero attached hydrogens (tertiary/aromatic N) is 2. The Morgan fingerprint density at radius 1 is 0.833 bits per heavy atom. The minimum atomic E-state index is -1.23. The van der Waals surface area contributed by atoms with Gasteiger partial charge in [0.15, 0.2) is 0 Å². The highest BCUT2D eigenvalue weighted by atomic mass is 16.5. The van der Waals surface area contributed by atoms with Gasteiger partial charge in [0.2, 0.25) is 5.88 Å². The van der Waals surface area contributed by atoms with Crippen molar-refractivity contribution in [2.75, 3.05) is 27.7 Å². The first kappa shape index (κ1) is 24.0. The number of pyridine rings is 1. The first-order chi connectivity index (χ1) is 17.5. The number of para-hydroxylation sites is 1. The van der Waals surface area contributed by atoms with Crippen molar-refractivity contribution in [1.29, 1.82) is 0 Å². The fourth-order valence-corrected chi connectivity index (χ4v) is 5.27. The highest BCUT2D eigenvalue weighted by Crippen LogP contribution is 2.48. The lowest BCUT2D eigenvalue weighted by Crippen LogP contribution is -2.38. The molecular formula is C32H32N2O2. The average Bonchev–Trinajstić information content (AvgIpc) is 2.92. The van der Waals surface area contributed by atoms with Gasteiger partial charge in [-0.1, -0.05) is 91.0 Å². The maximum atomic E-state index is 13.0. The van der Waals surface area contributed by atoms with E-state index in [1.165, 1.54) is 0 Å². The number of fused-ring (bicyclic) bond motifs is 2. The maximum Gasteiger partial charge on any atom is 0.217 e. The smallest absolute Gasteiger partial charge is 0.217 e. The van der Waals surface area contributed by atoms with Crippen molar-refractivity contribution in [1.82, 2.24) is 9.88 Å². The average molecular weight is 477 g/mol. The van der Waals surface area contributed by atoms with Crippen LogP contribution in [0.3, 0.4) is 0 Å². The van der Waals surface area contributed by atoms with Crippen molar-refractivity contribution in [3.63, 3.8) is 0 Å². The van der Waals surface area contributed by atoms with E-state index in [2.05, 4.69) is 53.4 Å². The molecule has 1 unspecified atom stereocenters. The molecule has 0 aliphatic carbocycles. The van der Waals surface area contributed by atoms with Crippen molar-refractivity contribution in [3.8, 4) is 5.88 Å². The van der Waals surface area contributed by atoms with Gasteiger partial charge in [0, 0.05) is 23.4 Å². The van der Waals surface area contributed by atoms with Gasteiger partial charge in [-0.15, -0.1) is 0 Å². The summed E-state index contributed by atoms with van der Waals surface area (Å²) in [7, 11) is 5.73. The highest BCUT2D eigenvalue weighted by Gasteiger charge is 2.43. The SMILES string of the molecule is COc1nc2ccccc2cc1[C@H](c1ccccc1)C(O)(CCN(C)C)c1cccc2ccccc12. The Morgan fingerprint density at radius 2 is 1.50 bits per heavy atom. The predicted molar refractivity (Wildman–Crippen MR) is 148 cm³/mol. The normalized spacial score (nSPS) is 14.1. The molecule has 0 bridgehead atoms. The predicted octanol–water partition coefficient (Wildman–Crippen LogP) is 6.37. The summed E-state index contributed by atoms with van der Waals surface area (Å²) in [5, 5.41) is 16.2. The van der Waals surface area contributed by atoms with Crippen LogP contribution in [0.5, 0.6) is 5.88 Å². The largest absolute Gasteiger partial charge is 0.481 e. The molecule has 0 radical (unpaired) electrons. The van der Waals surface area contributed by atoms with Crippen LogP contribution in [0, 0.1) is 0 Å². The van der Waals surface area contributed by atoms with E-state index in [0.29, 0.717) is 18.8 Å². The van der Waals surface area contributed by atoms with Gasteiger partial charge in [0.05, 0.1) is 12.6 Å². The van der Waals surface area contributed by atoms with Crippen molar-refractivity contribution < 1.29 is 9.84 Å². The lowest BCUT2D eigenvalue weighted by Gasteiger charge is -2.39. The van der Waals surface area contributed by atoms with E-state index in [9.17, 15) is 5.11 Å². The van der Waals surface area contributed by atoms with Gasteiger partial charge in [0.25, 0.3) is 0 Å². The Balaban J connectivity index is 1.83. The molecule has 0 fully saturated rings. The fourth-order valence-electron chi connectivity index (χ4n) is 5.27. The molecule has 0 spiro atoms. The number of rotatable bonds is 8. The van der Waals surface area contributed by atoms with Crippen LogP contribution < -0.4 is 4.74 Å². The van der Waals surface area contributed by atoms with Crippen LogP contribution in [0.15, 0.2) is 103 Å². The van der Waals surface area contributed by atoms with Crippen molar-refractivity contribution in [2.45, 2.75) is 17.9 Å². The van der Waals surface area contributed by atoms with E-state index in [-0.39, 0.29) is 0 Å². The molecule has 0 amide bonds. The lowest BCUT2D eigenvalue weighted by atomic mass is 9.70. The number of aromatic nitrogens is 1. The fraction of sp³-hybridized carbons (Fsp3) is 0.219. The topological polar surface area (TPSA) is 45.6 Å². The first-order valence-electron chi connectivity index (χ1n) is 12.4. The molecule has 4 heteroatoms. The molecule has 0 saturated carbocycles. The summed E-state index contributed by atoms with van der Waals surface area (Å²) in [6.45, 7) is 0.715. The standard InChI is InChI=1S/C32H32N2O2/c1-34(2)21-20-32(35,28-18-11-16-23-12-7-9-17-26(23)28)30(24-13-5-4-6-14-24)27-22-25-15-8-10-19-29(25)33-31(27)36-3/h4-19,22,30,35H,20-21H2,1-3H3/t30-,32?/m0/s1. The molecule has 0 aliphatic rings. The van der Waals surface area contributed by atoms with Crippen LogP contribution in [0.1, 0.15) is 29.0 Å². The summed E-state index contributed by atoms with van der Waals surface area (Å²) >= 11 is 0. The first-order valence-corrected chi connectivity index (χ1v) is 12.4. The summed E-state index contributed by atoms with van der Waals surface area (Å²) in [5.41, 5.74) is 2.43. The molecule has 5 aromatic rings. The second kappa shape index (κ2) is 10.1. The highest BCUT2D eigenvalue weighted by molar-refractivity contribution is 5.87. The van der Waals surface area contributed by atoms with E-state index < -0.39 is 11.5 Å². The lowest BCUT2D eigenvalue weighted by molar-refractivity contribution is 0.00520. The molecule has 4 nitrogen and oxygen atoms in total. The van der Waals surface area contributed by atoms with Crippen molar-refractivity contribution >= 4 is 21.7 Å². The molecule has 1 heterocycles. The van der Waals surface area contributed by atoms with Crippen LogP contribution in [-0.2, 0) is 5.60 Å². The Bertz CT molecular complexity index is 1480. The summed E-state index contributed by atoms with van der Waals surface area (Å²) in [6, 6.07) is 34.9. The Morgan fingerprint density at radius 3 is 2.25 bits per heavy atom. The van der Waals surface area contributed by atoms with Gasteiger partial charge < -0.3 is 14.7 Å². The van der Waals surface area contributed by atoms with Gasteiger partial charge in [-0.05, 0) is 54.5 Å². The third-order valence-electron chi connectivity index (χ3n) is 7.03. The van der Waals surface area contributed by atoms with Gasteiger partial charge in [-0.3, -0.25) is 0 Å². The third-order valence-corrected chi connectivity index (χ3v) is 7.03. The molecule has 5 rings (SSSR count). The van der Waals surface area contributed by atoms with Gasteiger partial charge in [0.1, 0.15) is 5.60 Å². The number of benzene rings is 4. The molecule has 4 aromatic carbocycles. The molecule has 36 heavy (non-hydrogen) atoms. The van der Waals surface area contributed by atoms with Crippen LogP contribution in [0.25, 0.3) is 21.7 Å². The maximum absolute atomic E-state index is 13.0. The van der Waals surface area contributed by atoms with E-state index in [0.717, 1.165) is 38.4 Å². The number of methoxy groups -OCH3 is 1. The summed E-state index contributed by atoms with van der Waals surface area (Å²) in [4.78, 5) is 6.98. The second-order valence-electron chi connectivity index (χ2n) is 9.63. The Hall–Kier alpha value is -3.73. The van der Waals surface area contributed by atoms with Gasteiger partial charge >= 0.3 is 0 Å². The zero-order valence-corrected chi connectivity index (χ0v) is 21.1. The van der Waals surface area contributed by atoms with E-state index in [1.54, 1.807) is 7.11 Å². The van der Waals surface area contributed by atoms with Gasteiger partial charge in [-0.2, -0.15) is 0 Å². The van der Waals surface area contributed by atoms with E-state index in [1.807, 2.05) is 68.7 Å². The zero-order valence-electron chi connectivity index (χ0n) is 21.1. The zero-order chi connectivity index (χ0) is 25.1. The Kier molecular flexibility index (Phi) is 6.73. The van der Waals surface area contributed by atoms with Crippen LogP contribution in [-0.4, -0.2) is 42.7 Å². The number of hydrogen-bond donors (Lipinski definition) is 1. The summed E-state index contributed by atoms with van der Waals surface area (Å²) in [5.74, 6) is 0.127. The number of ether oxygens (including phenoxy) is 1. The third kappa shape index (κ3) is 4.46. The molecule has 0 saturated heterocycles. The van der Waals surface area contributed by atoms with Crippen LogP contribution in [0.2, 0.25) is 0 Å². The minimum absolute atomic E-state index is 0.406. The van der Waals surface area contributed by atoms with Crippen LogP contribution >= 0.6 is 0 Å². The quantitative estimate of drug-likeness (QED) is 0.283. The molecule has 2 atom stereocenters. The molecule has 1 aromatic heterocycles. The van der Waals surface area contributed by atoms with E-state index >= 15 is 0 Å². The minimum Gasteiger partial charge on any atom is -0.481 e. The summed E-state index contributed by atoms with van der Waals surface area (Å²) in [6.07, 6.45) is 0.531. The summed E-state index contributed by atoms with van der Waals surface area (Å²) < 4.78 is 5.87. The van der Waals surface area contributed by atoms with Gasteiger partial charge in [-0.25, -0.2) is 4.98 Å².